The van der Waals surface area contributed by atoms with Gasteiger partial charge in [-0.25, -0.2) is 0 Å². The molecule has 0 amide bonds. The predicted molar refractivity (Wildman–Crippen MR) is 83.1 cm³/mol. The van der Waals surface area contributed by atoms with E-state index >= 15 is 0 Å². The van der Waals surface area contributed by atoms with Crippen molar-refractivity contribution >= 4 is 23.0 Å². The molecule has 0 saturated heterocycles. The second-order valence-corrected chi connectivity index (χ2v) is 4.26. The van der Waals surface area contributed by atoms with Crippen molar-refractivity contribution in [3.63, 3.8) is 0 Å². The Hall–Kier alpha value is -3.22. The number of nitrogen functional groups attached to an aromatic ring is 2. The van der Waals surface area contributed by atoms with Crippen molar-refractivity contribution in [2.45, 2.75) is 0 Å². The van der Waals surface area contributed by atoms with Gasteiger partial charge in [-0.05, 0) is 48.5 Å². The number of anilines is 1. The van der Waals surface area contributed by atoms with Gasteiger partial charge in [0.05, 0.1) is 11.4 Å². The summed E-state index contributed by atoms with van der Waals surface area (Å²) >= 11 is 0. The fourth-order valence-corrected chi connectivity index (χ4v) is 1.57. The molecule has 21 heavy (non-hydrogen) atoms. The highest BCUT2D eigenvalue weighted by Gasteiger charge is 1.97. The molecule has 0 spiro atoms. The molecular formula is C14H15N7. The second kappa shape index (κ2) is 6.29. The molecule has 0 heterocycles. The fraction of sp³-hybridized carbons (Fsp3) is 0. The highest BCUT2D eigenvalue weighted by atomic mass is 15.6. The van der Waals surface area contributed by atoms with Gasteiger partial charge >= 0.3 is 0 Å². The molecule has 106 valence electrons. The first-order chi connectivity index (χ1) is 10.1. The summed E-state index contributed by atoms with van der Waals surface area (Å²) in [6.07, 6.45) is 0. The summed E-state index contributed by atoms with van der Waals surface area (Å²) in [5.74, 6) is 0.0379. The fourth-order valence-electron chi connectivity index (χ4n) is 1.57. The molecule has 0 aliphatic heterocycles. The van der Waals surface area contributed by atoms with E-state index in [1.54, 1.807) is 48.5 Å². The number of nitrogens with two attached hydrogens (primary N) is 2. The normalized spacial score (nSPS) is 10.5. The first kappa shape index (κ1) is 14.2. The molecule has 2 rings (SSSR count). The number of hydrogen-bond acceptors (Lipinski definition) is 4. The Morgan fingerprint density at radius 3 is 1.76 bits per heavy atom. The summed E-state index contributed by atoms with van der Waals surface area (Å²) in [5.41, 5.74) is 16.2. The minimum Gasteiger partial charge on any atom is -0.384 e. The van der Waals surface area contributed by atoms with Crippen molar-refractivity contribution < 1.29 is 0 Å². The highest BCUT2D eigenvalue weighted by Crippen LogP contribution is 2.14. The molecule has 0 unspecified atom stereocenters. The van der Waals surface area contributed by atoms with Crippen LogP contribution in [-0.4, -0.2) is 11.7 Å². The van der Waals surface area contributed by atoms with E-state index in [0.29, 0.717) is 16.8 Å². The third-order valence-corrected chi connectivity index (χ3v) is 2.72. The van der Waals surface area contributed by atoms with Gasteiger partial charge in [0.2, 0.25) is 0 Å². The van der Waals surface area contributed by atoms with Crippen molar-refractivity contribution in [1.29, 1.82) is 10.8 Å². The Labute approximate surface area is 121 Å². The van der Waals surface area contributed by atoms with Crippen LogP contribution in [0, 0.1) is 10.8 Å². The molecule has 7 heteroatoms. The van der Waals surface area contributed by atoms with E-state index in [1.807, 2.05) is 0 Å². The van der Waals surface area contributed by atoms with E-state index in [0.717, 1.165) is 5.69 Å². The van der Waals surface area contributed by atoms with Crippen LogP contribution in [0.15, 0.2) is 58.9 Å². The van der Waals surface area contributed by atoms with E-state index in [1.165, 1.54) is 0 Å². The number of amidine groups is 2. The van der Waals surface area contributed by atoms with Crippen LogP contribution >= 0.6 is 0 Å². The average molecular weight is 287 g/mol. The third-order valence-electron chi connectivity index (χ3n) is 2.72. The summed E-state index contributed by atoms with van der Waals surface area (Å²) in [7, 11) is 0. The van der Waals surface area contributed by atoms with Crippen molar-refractivity contribution in [1.82, 2.24) is 0 Å². The standard InChI is InChI=1S/C14H15N7/c15-13(16)9-1-5-11(6-2-9)19-21-20-12-7-3-10(4-8-12)14(17)18/h1-8H,(H3,15,16)(H3,17,18)(H,19,20)/i13+1,14+1,15+1,16+1,17+1,18+1. The number of hydrogen-bond donors (Lipinski definition) is 5. The Morgan fingerprint density at radius 2 is 1.29 bits per heavy atom. The highest BCUT2D eigenvalue weighted by molar-refractivity contribution is 5.95. The molecule has 0 aliphatic carbocycles. The third kappa shape index (κ3) is 3.87. The van der Waals surface area contributed by atoms with Crippen LogP contribution in [-0.2, 0) is 0 Å². The maximum Gasteiger partial charge on any atom is 0.122 e. The molecule has 0 bridgehead atoms. The molecule has 0 radical (unpaired) electrons. The first-order valence-electron chi connectivity index (χ1n) is 6.12. The van der Waals surface area contributed by atoms with Crippen LogP contribution in [0.2, 0.25) is 0 Å². The average Bonchev–Trinajstić information content (AvgIpc) is 2.48. The van der Waals surface area contributed by atoms with E-state index in [9.17, 15) is 0 Å². The molecule has 2 aromatic carbocycles. The Morgan fingerprint density at radius 1 is 0.810 bits per heavy atom. The van der Waals surface area contributed by atoms with Crippen molar-refractivity contribution in [2.24, 2.45) is 21.8 Å². The predicted octanol–water partition coefficient (Wildman–Crippen LogP) is 2.37. The van der Waals surface area contributed by atoms with Crippen molar-refractivity contribution in [3.05, 3.63) is 59.7 Å². The number of nitrogens with zero attached hydrogens (tertiary/aromatic N) is 2. The van der Waals surface area contributed by atoms with Gasteiger partial charge in [-0.2, -0.15) is 0 Å². The quantitative estimate of drug-likeness (QED) is 0.144. The largest absolute Gasteiger partial charge is 0.384 e. The molecule has 0 atom stereocenters. The molecule has 7 N–H and O–H groups in total. The monoisotopic (exact) mass is 287 g/mol. The Kier molecular flexibility index (Phi) is 4.25. The van der Waals surface area contributed by atoms with Gasteiger partial charge in [0.25, 0.3) is 0 Å². The summed E-state index contributed by atoms with van der Waals surface area (Å²) in [5, 5.41) is 22.4. The summed E-state index contributed by atoms with van der Waals surface area (Å²) in [4.78, 5) is 0. The van der Waals surface area contributed by atoms with Crippen molar-refractivity contribution in [3.8, 4) is 0 Å². The van der Waals surface area contributed by atoms with Crippen LogP contribution in [0.25, 0.3) is 0 Å². The number of rotatable bonds is 5. The van der Waals surface area contributed by atoms with Gasteiger partial charge in [0.15, 0.2) is 0 Å². The summed E-state index contributed by atoms with van der Waals surface area (Å²) in [6.45, 7) is 0. The lowest BCUT2D eigenvalue weighted by atomic mass is 10.2. The SMILES string of the molecule is [15NH]=[13C]([15NH2])c1ccc(N=NNc2ccc([13C](=[15NH])[15NH2])cc2)cc1. The maximum absolute atomic E-state index is 7.30. The van der Waals surface area contributed by atoms with E-state index in [2.05, 4.69) is 15.8 Å². The van der Waals surface area contributed by atoms with Gasteiger partial charge in [0, 0.05) is 11.1 Å². The molecule has 0 saturated carbocycles. The number of benzene rings is 2. The molecular weight excluding hydrogens is 272 g/mol. The Bertz CT molecular complexity index is 671. The zero-order valence-corrected chi connectivity index (χ0v) is 11.2. The lowest BCUT2D eigenvalue weighted by Gasteiger charge is -2.01. The zero-order valence-electron chi connectivity index (χ0n) is 11.2. The van der Waals surface area contributed by atoms with Gasteiger partial charge in [-0.1, -0.05) is 5.22 Å². The van der Waals surface area contributed by atoms with Crippen LogP contribution < -0.4 is 16.9 Å². The molecule has 0 fully saturated rings. The van der Waals surface area contributed by atoms with Crippen LogP contribution in [0.1, 0.15) is 11.1 Å². The minimum atomic E-state index is 0.0159. The van der Waals surface area contributed by atoms with Crippen molar-refractivity contribution in [2.75, 3.05) is 5.43 Å². The van der Waals surface area contributed by atoms with E-state index < -0.39 is 0 Å². The Balaban J connectivity index is 1.98. The lowest BCUT2D eigenvalue weighted by Crippen LogP contribution is -2.10. The smallest absolute Gasteiger partial charge is 0.122 e. The van der Waals surface area contributed by atoms with Crippen LogP contribution in [0.5, 0.6) is 0 Å². The van der Waals surface area contributed by atoms with Gasteiger partial charge < -0.3 is 11.5 Å². The summed E-state index contributed by atoms with van der Waals surface area (Å²) in [6, 6.07) is 13.8. The molecule has 0 aromatic heterocycles. The molecule has 2 aromatic rings. The lowest BCUT2D eigenvalue weighted by molar-refractivity contribution is 1.13. The topological polar surface area (TPSA) is 136 Å². The van der Waals surface area contributed by atoms with E-state index in [4.69, 9.17) is 22.3 Å². The summed E-state index contributed by atoms with van der Waals surface area (Å²) < 4.78 is 0. The number of nitrogens with one attached hydrogen (secondary N) is 3. The van der Waals surface area contributed by atoms with Crippen LogP contribution in [0.3, 0.4) is 0 Å². The first-order valence-corrected chi connectivity index (χ1v) is 6.12. The minimum absolute atomic E-state index is 0.0159. The van der Waals surface area contributed by atoms with Gasteiger partial charge in [0.1, 0.15) is 11.7 Å². The van der Waals surface area contributed by atoms with Gasteiger partial charge in [-0.15, -0.1) is 5.11 Å². The maximum atomic E-state index is 7.30. The molecule has 7 nitrogen and oxygen atoms in total. The molecule has 0 aliphatic rings. The second-order valence-electron chi connectivity index (χ2n) is 4.26. The van der Waals surface area contributed by atoms with E-state index in [-0.39, 0.29) is 11.7 Å². The zero-order chi connectivity index (χ0) is 15.2. The van der Waals surface area contributed by atoms with Crippen LogP contribution in [0.4, 0.5) is 11.4 Å². The van der Waals surface area contributed by atoms with Gasteiger partial charge in [-0.3, -0.25) is 16.2 Å².